The van der Waals surface area contributed by atoms with E-state index in [1.54, 1.807) is 0 Å². The number of hydrogen-bond acceptors (Lipinski definition) is 3. The quantitative estimate of drug-likeness (QED) is 0.530. The third-order valence-electron chi connectivity index (χ3n) is 5.60. The number of nitrogens with zero attached hydrogens (tertiary/aromatic N) is 5. The number of benzene rings is 2. The first-order valence-electron chi connectivity index (χ1n) is 10.3. The molecule has 1 aromatic heterocycles. The maximum Gasteiger partial charge on any atom is 0.136 e. The molecule has 0 bridgehead atoms. The first-order chi connectivity index (χ1) is 13.8. The summed E-state index contributed by atoms with van der Waals surface area (Å²) < 4.78 is 2.11. The fourth-order valence-corrected chi connectivity index (χ4v) is 4.03. The molecule has 0 atom stereocenters. The summed E-state index contributed by atoms with van der Waals surface area (Å²) in [4.78, 5) is 14.1. The third kappa shape index (κ3) is 3.67. The van der Waals surface area contributed by atoms with E-state index in [0.29, 0.717) is 0 Å². The van der Waals surface area contributed by atoms with Gasteiger partial charge in [0.15, 0.2) is 0 Å². The van der Waals surface area contributed by atoms with Crippen LogP contribution in [0.1, 0.15) is 25.8 Å². The molecule has 0 saturated heterocycles. The smallest absolute Gasteiger partial charge is 0.136 e. The Labute approximate surface area is 167 Å². The minimum Gasteiger partial charge on any atom is -0.337 e. The molecule has 146 valence electrons. The van der Waals surface area contributed by atoms with Gasteiger partial charge in [-0.15, -0.1) is 0 Å². The number of aromatic nitrogens is 2. The Bertz CT molecular complexity index is 936. The molecule has 2 aromatic carbocycles. The largest absolute Gasteiger partial charge is 0.337 e. The molecule has 0 N–H and O–H groups in total. The van der Waals surface area contributed by atoms with Crippen molar-refractivity contribution in [3.8, 4) is 0 Å². The summed E-state index contributed by atoms with van der Waals surface area (Å²) >= 11 is 0. The number of imidazole rings is 1. The molecule has 0 fully saturated rings. The SMILES string of the molecule is CCN(CC)CCN1C(=NCCCn2ccnc2)c2cccc3cccc1c23. The Balaban J connectivity index is 1.58. The number of hydrogen-bond donors (Lipinski definition) is 0. The van der Waals surface area contributed by atoms with Crippen LogP contribution in [0.2, 0.25) is 0 Å². The number of amidine groups is 1. The van der Waals surface area contributed by atoms with E-state index >= 15 is 0 Å². The van der Waals surface area contributed by atoms with Gasteiger partial charge in [0.1, 0.15) is 5.84 Å². The van der Waals surface area contributed by atoms with Crippen LogP contribution in [-0.4, -0.2) is 53.0 Å². The van der Waals surface area contributed by atoms with Gasteiger partial charge in [-0.2, -0.15) is 0 Å². The molecule has 28 heavy (non-hydrogen) atoms. The Morgan fingerprint density at radius 1 is 1.04 bits per heavy atom. The van der Waals surface area contributed by atoms with Crippen LogP contribution >= 0.6 is 0 Å². The molecule has 1 aliphatic heterocycles. The lowest BCUT2D eigenvalue weighted by molar-refractivity contribution is 0.313. The van der Waals surface area contributed by atoms with Crippen LogP contribution < -0.4 is 4.90 Å². The first-order valence-corrected chi connectivity index (χ1v) is 10.3. The van der Waals surface area contributed by atoms with Crippen LogP contribution in [0.3, 0.4) is 0 Å². The Hall–Kier alpha value is -2.66. The number of anilines is 1. The number of likely N-dealkylation sites (N-methyl/N-ethyl adjacent to an activating group) is 1. The maximum atomic E-state index is 5.06. The van der Waals surface area contributed by atoms with E-state index in [2.05, 4.69) is 69.6 Å². The molecule has 5 heteroatoms. The zero-order chi connectivity index (χ0) is 19.3. The molecule has 0 saturated carbocycles. The highest BCUT2D eigenvalue weighted by Crippen LogP contribution is 2.37. The highest BCUT2D eigenvalue weighted by Gasteiger charge is 2.27. The van der Waals surface area contributed by atoms with Crippen molar-refractivity contribution >= 4 is 22.3 Å². The Kier molecular flexibility index (Phi) is 5.72. The average Bonchev–Trinajstić information content (AvgIpc) is 3.35. The molecule has 4 rings (SSSR count). The van der Waals surface area contributed by atoms with Gasteiger partial charge in [-0.05, 0) is 31.0 Å². The molecule has 0 amide bonds. The summed E-state index contributed by atoms with van der Waals surface area (Å²) in [6.07, 6.45) is 6.72. The highest BCUT2D eigenvalue weighted by atomic mass is 15.2. The standard InChI is InChI=1S/C23H29N5/c1-3-26(4-2)16-17-28-21-11-6-9-19-8-5-10-20(22(19)21)23(28)25-12-7-14-27-15-13-24-18-27/h5-6,8-11,13,15,18H,3-4,7,12,14,16-17H2,1-2H3. The summed E-state index contributed by atoms with van der Waals surface area (Å²) in [6, 6.07) is 13.2. The van der Waals surface area contributed by atoms with E-state index in [4.69, 9.17) is 4.99 Å². The Morgan fingerprint density at radius 2 is 1.86 bits per heavy atom. The molecule has 5 nitrogen and oxygen atoms in total. The van der Waals surface area contributed by atoms with Crippen molar-refractivity contribution in [1.82, 2.24) is 14.5 Å². The van der Waals surface area contributed by atoms with E-state index < -0.39 is 0 Å². The van der Waals surface area contributed by atoms with Crippen molar-refractivity contribution in [2.75, 3.05) is 37.6 Å². The predicted octanol–water partition coefficient (Wildman–Crippen LogP) is 4.04. The zero-order valence-electron chi connectivity index (χ0n) is 16.9. The second kappa shape index (κ2) is 8.57. The number of aryl methyl sites for hydroxylation is 1. The van der Waals surface area contributed by atoms with Gasteiger partial charge in [-0.1, -0.05) is 44.2 Å². The predicted molar refractivity (Wildman–Crippen MR) is 117 cm³/mol. The Morgan fingerprint density at radius 3 is 2.61 bits per heavy atom. The van der Waals surface area contributed by atoms with E-state index in [1.165, 1.54) is 22.0 Å². The van der Waals surface area contributed by atoms with Crippen LogP contribution in [0.5, 0.6) is 0 Å². The molecular weight excluding hydrogens is 346 g/mol. The van der Waals surface area contributed by atoms with Crippen LogP contribution in [0.4, 0.5) is 5.69 Å². The molecule has 0 radical (unpaired) electrons. The lowest BCUT2D eigenvalue weighted by Gasteiger charge is -2.25. The molecule has 0 aliphatic carbocycles. The van der Waals surface area contributed by atoms with Gasteiger partial charge in [0.05, 0.1) is 12.0 Å². The minimum atomic E-state index is 0.819. The van der Waals surface area contributed by atoms with Crippen molar-refractivity contribution < 1.29 is 0 Å². The van der Waals surface area contributed by atoms with Crippen LogP contribution in [0.15, 0.2) is 60.1 Å². The minimum absolute atomic E-state index is 0.819. The summed E-state index contributed by atoms with van der Waals surface area (Å²) in [7, 11) is 0. The molecule has 3 aromatic rings. The number of aliphatic imine (C=N–C) groups is 1. The molecule has 0 spiro atoms. The van der Waals surface area contributed by atoms with Crippen LogP contribution in [-0.2, 0) is 6.54 Å². The first kappa shape index (κ1) is 18.7. The zero-order valence-corrected chi connectivity index (χ0v) is 16.9. The summed E-state index contributed by atoms with van der Waals surface area (Å²) in [6.45, 7) is 10.4. The topological polar surface area (TPSA) is 36.7 Å². The monoisotopic (exact) mass is 375 g/mol. The van der Waals surface area contributed by atoms with E-state index in [9.17, 15) is 0 Å². The highest BCUT2D eigenvalue weighted by molar-refractivity contribution is 6.27. The summed E-state index contributed by atoms with van der Waals surface area (Å²) in [5.41, 5.74) is 2.57. The van der Waals surface area contributed by atoms with Crippen molar-refractivity contribution in [1.29, 1.82) is 0 Å². The fraction of sp³-hybridized carbons (Fsp3) is 0.391. The number of rotatable bonds is 9. The third-order valence-corrected chi connectivity index (χ3v) is 5.60. The summed E-state index contributed by atoms with van der Waals surface area (Å²) in [5, 5.41) is 2.64. The molecule has 2 heterocycles. The van der Waals surface area contributed by atoms with E-state index in [-0.39, 0.29) is 0 Å². The van der Waals surface area contributed by atoms with Crippen molar-refractivity contribution in [3.63, 3.8) is 0 Å². The van der Waals surface area contributed by atoms with Crippen LogP contribution in [0.25, 0.3) is 10.8 Å². The lowest BCUT2D eigenvalue weighted by Crippen LogP contribution is -2.37. The van der Waals surface area contributed by atoms with Gasteiger partial charge in [-0.25, -0.2) is 4.98 Å². The van der Waals surface area contributed by atoms with E-state index in [1.807, 2.05) is 18.7 Å². The van der Waals surface area contributed by atoms with Crippen LogP contribution in [0, 0.1) is 0 Å². The second-order valence-corrected chi connectivity index (χ2v) is 7.22. The second-order valence-electron chi connectivity index (χ2n) is 7.22. The van der Waals surface area contributed by atoms with Gasteiger partial charge >= 0.3 is 0 Å². The normalized spacial score (nSPS) is 14.7. The van der Waals surface area contributed by atoms with Gasteiger partial charge in [-0.3, -0.25) is 4.99 Å². The van der Waals surface area contributed by atoms with Crippen molar-refractivity contribution in [2.45, 2.75) is 26.8 Å². The van der Waals surface area contributed by atoms with E-state index in [0.717, 1.165) is 51.5 Å². The lowest BCUT2D eigenvalue weighted by atomic mass is 10.1. The van der Waals surface area contributed by atoms with Crippen molar-refractivity contribution in [3.05, 3.63) is 60.7 Å². The van der Waals surface area contributed by atoms with Gasteiger partial charge in [0.25, 0.3) is 0 Å². The van der Waals surface area contributed by atoms with Crippen molar-refractivity contribution in [2.24, 2.45) is 4.99 Å². The summed E-state index contributed by atoms with van der Waals surface area (Å²) in [5.74, 6) is 1.13. The van der Waals surface area contributed by atoms with Gasteiger partial charge < -0.3 is 14.4 Å². The molecule has 0 unspecified atom stereocenters. The average molecular weight is 376 g/mol. The maximum absolute atomic E-state index is 5.06. The molecule has 1 aliphatic rings. The fourth-order valence-electron chi connectivity index (χ4n) is 4.03. The van der Waals surface area contributed by atoms with Gasteiger partial charge in [0, 0.05) is 49.5 Å². The van der Waals surface area contributed by atoms with Gasteiger partial charge in [0.2, 0.25) is 0 Å². The molecular formula is C23H29N5.